The zero-order chi connectivity index (χ0) is 15.9. The second-order valence-electron chi connectivity index (χ2n) is 5.40. The number of carbonyl (C=O) groups is 1. The summed E-state index contributed by atoms with van der Waals surface area (Å²) in [5.74, 6) is -0.0284. The van der Waals surface area contributed by atoms with E-state index in [-0.39, 0.29) is 5.91 Å². The van der Waals surface area contributed by atoms with Gasteiger partial charge in [-0.1, -0.05) is 29.8 Å². The molecule has 2 aromatic carbocycles. The Kier molecular flexibility index (Phi) is 5.99. The summed E-state index contributed by atoms with van der Waals surface area (Å²) in [7, 11) is 0. The summed E-state index contributed by atoms with van der Waals surface area (Å²) >= 11 is 5.84. The van der Waals surface area contributed by atoms with Crippen molar-refractivity contribution in [2.24, 2.45) is 0 Å². The van der Waals surface area contributed by atoms with Crippen LogP contribution in [0.5, 0.6) is 0 Å². The lowest BCUT2D eigenvalue weighted by molar-refractivity contribution is -0.115. The molecule has 116 valence electrons. The molecule has 0 fully saturated rings. The lowest BCUT2D eigenvalue weighted by Gasteiger charge is -2.09. The number of carbonyl (C=O) groups excluding carboxylic acids is 1. The molecule has 0 bridgehead atoms. The summed E-state index contributed by atoms with van der Waals surface area (Å²) in [5.41, 5.74) is 4.44. The molecule has 0 aliphatic heterocycles. The van der Waals surface area contributed by atoms with Crippen molar-refractivity contribution in [1.82, 2.24) is 5.32 Å². The maximum atomic E-state index is 11.9. The molecule has 1 amide bonds. The highest BCUT2D eigenvalue weighted by Gasteiger charge is 2.03. The van der Waals surface area contributed by atoms with Crippen molar-refractivity contribution in [2.45, 2.75) is 20.3 Å². The molecule has 0 atom stereocenters. The van der Waals surface area contributed by atoms with Crippen LogP contribution in [0.4, 0.5) is 5.69 Å². The fourth-order valence-electron chi connectivity index (χ4n) is 2.11. The minimum absolute atomic E-state index is 0.0284. The summed E-state index contributed by atoms with van der Waals surface area (Å²) in [5, 5.41) is 6.79. The molecular formula is C18H21ClN2O. The molecule has 22 heavy (non-hydrogen) atoms. The van der Waals surface area contributed by atoms with Crippen molar-refractivity contribution < 1.29 is 4.79 Å². The van der Waals surface area contributed by atoms with Gasteiger partial charge in [0.2, 0.25) is 5.91 Å². The first-order chi connectivity index (χ1) is 10.5. The number of hydrogen-bond acceptors (Lipinski definition) is 2. The van der Waals surface area contributed by atoms with E-state index in [0.717, 1.165) is 23.7 Å². The average Bonchev–Trinajstić information content (AvgIpc) is 2.49. The molecule has 0 saturated heterocycles. The number of halogens is 1. The normalized spacial score (nSPS) is 10.5. The van der Waals surface area contributed by atoms with Crippen molar-refractivity contribution in [3.05, 3.63) is 64.2 Å². The number of benzene rings is 2. The van der Waals surface area contributed by atoms with Gasteiger partial charge in [0.05, 0.1) is 6.54 Å². The van der Waals surface area contributed by atoms with Crippen LogP contribution in [-0.2, 0) is 11.2 Å². The molecule has 0 spiro atoms. The van der Waals surface area contributed by atoms with E-state index in [1.54, 1.807) is 0 Å². The van der Waals surface area contributed by atoms with Crippen molar-refractivity contribution in [2.75, 3.05) is 18.4 Å². The van der Waals surface area contributed by atoms with Crippen LogP contribution in [-0.4, -0.2) is 19.0 Å². The van der Waals surface area contributed by atoms with Crippen LogP contribution in [0.15, 0.2) is 42.5 Å². The van der Waals surface area contributed by atoms with E-state index in [0.29, 0.717) is 6.54 Å². The third-order valence-corrected chi connectivity index (χ3v) is 3.83. The highest BCUT2D eigenvalue weighted by Crippen LogP contribution is 2.13. The van der Waals surface area contributed by atoms with Gasteiger partial charge < -0.3 is 10.6 Å². The van der Waals surface area contributed by atoms with Gasteiger partial charge in [0.15, 0.2) is 0 Å². The standard InChI is InChI=1S/C18H21ClN2O/c1-13-3-8-17(11-14(13)2)21-18(22)12-20-10-9-15-4-6-16(19)7-5-15/h3-8,11,20H,9-10,12H2,1-2H3,(H,21,22). The third kappa shape index (κ3) is 5.17. The van der Waals surface area contributed by atoms with Crippen LogP contribution in [0.2, 0.25) is 5.02 Å². The lowest BCUT2D eigenvalue weighted by Crippen LogP contribution is -2.29. The number of anilines is 1. The second-order valence-corrected chi connectivity index (χ2v) is 5.84. The van der Waals surface area contributed by atoms with E-state index >= 15 is 0 Å². The molecule has 0 aliphatic rings. The Morgan fingerprint density at radius 3 is 2.45 bits per heavy atom. The molecule has 2 aromatic rings. The maximum absolute atomic E-state index is 11.9. The van der Waals surface area contributed by atoms with Crippen molar-refractivity contribution in [3.8, 4) is 0 Å². The topological polar surface area (TPSA) is 41.1 Å². The van der Waals surface area contributed by atoms with Gasteiger partial charge in [0.1, 0.15) is 0 Å². The van der Waals surface area contributed by atoms with E-state index in [4.69, 9.17) is 11.6 Å². The fourth-order valence-corrected chi connectivity index (χ4v) is 2.24. The van der Waals surface area contributed by atoms with E-state index in [1.807, 2.05) is 49.4 Å². The van der Waals surface area contributed by atoms with Gasteiger partial charge >= 0.3 is 0 Å². The second kappa shape index (κ2) is 7.97. The minimum atomic E-state index is -0.0284. The van der Waals surface area contributed by atoms with Gasteiger partial charge in [-0.2, -0.15) is 0 Å². The number of nitrogens with one attached hydrogen (secondary N) is 2. The number of amides is 1. The Morgan fingerprint density at radius 1 is 1.05 bits per heavy atom. The van der Waals surface area contributed by atoms with Gasteiger partial charge in [-0.05, 0) is 67.8 Å². The van der Waals surface area contributed by atoms with Crippen molar-refractivity contribution >= 4 is 23.2 Å². The van der Waals surface area contributed by atoms with Crippen LogP contribution < -0.4 is 10.6 Å². The Balaban J connectivity index is 1.71. The molecule has 0 heterocycles. The minimum Gasteiger partial charge on any atom is -0.325 e. The molecule has 3 nitrogen and oxygen atoms in total. The molecule has 0 radical (unpaired) electrons. The molecule has 0 aromatic heterocycles. The fraction of sp³-hybridized carbons (Fsp3) is 0.278. The smallest absolute Gasteiger partial charge is 0.238 e. The molecule has 0 unspecified atom stereocenters. The van der Waals surface area contributed by atoms with Crippen LogP contribution in [0.25, 0.3) is 0 Å². The number of aryl methyl sites for hydroxylation is 2. The number of rotatable bonds is 6. The Hall–Kier alpha value is -1.84. The quantitative estimate of drug-likeness (QED) is 0.797. The zero-order valence-corrected chi connectivity index (χ0v) is 13.7. The summed E-state index contributed by atoms with van der Waals surface area (Å²) in [6, 6.07) is 13.7. The Morgan fingerprint density at radius 2 is 1.77 bits per heavy atom. The van der Waals surface area contributed by atoms with Gasteiger partial charge in [-0.15, -0.1) is 0 Å². The summed E-state index contributed by atoms with van der Waals surface area (Å²) < 4.78 is 0. The molecule has 2 N–H and O–H groups in total. The molecule has 0 aliphatic carbocycles. The molecule has 2 rings (SSSR count). The SMILES string of the molecule is Cc1ccc(NC(=O)CNCCc2ccc(Cl)cc2)cc1C. The highest BCUT2D eigenvalue weighted by molar-refractivity contribution is 6.30. The number of hydrogen-bond donors (Lipinski definition) is 2. The lowest BCUT2D eigenvalue weighted by atomic mass is 10.1. The van der Waals surface area contributed by atoms with Gasteiger partial charge in [0.25, 0.3) is 0 Å². The van der Waals surface area contributed by atoms with E-state index in [1.165, 1.54) is 16.7 Å². The Labute approximate surface area is 136 Å². The van der Waals surface area contributed by atoms with E-state index in [2.05, 4.69) is 17.6 Å². The summed E-state index contributed by atoms with van der Waals surface area (Å²) in [4.78, 5) is 11.9. The Bertz CT molecular complexity index is 638. The van der Waals surface area contributed by atoms with Crippen molar-refractivity contribution in [3.63, 3.8) is 0 Å². The van der Waals surface area contributed by atoms with Crippen LogP contribution >= 0.6 is 11.6 Å². The maximum Gasteiger partial charge on any atom is 0.238 e. The molecule has 4 heteroatoms. The third-order valence-electron chi connectivity index (χ3n) is 3.58. The summed E-state index contributed by atoms with van der Waals surface area (Å²) in [6.45, 7) is 5.15. The predicted molar refractivity (Wildman–Crippen MR) is 92.6 cm³/mol. The highest BCUT2D eigenvalue weighted by atomic mass is 35.5. The van der Waals surface area contributed by atoms with Crippen molar-refractivity contribution in [1.29, 1.82) is 0 Å². The average molecular weight is 317 g/mol. The first-order valence-electron chi connectivity index (χ1n) is 7.37. The van der Waals surface area contributed by atoms with Crippen LogP contribution in [0, 0.1) is 13.8 Å². The zero-order valence-electron chi connectivity index (χ0n) is 12.9. The molecular weight excluding hydrogens is 296 g/mol. The van der Waals surface area contributed by atoms with Gasteiger partial charge in [-0.3, -0.25) is 4.79 Å². The van der Waals surface area contributed by atoms with Crippen LogP contribution in [0.1, 0.15) is 16.7 Å². The summed E-state index contributed by atoms with van der Waals surface area (Å²) in [6.07, 6.45) is 0.869. The van der Waals surface area contributed by atoms with Gasteiger partial charge in [-0.25, -0.2) is 0 Å². The first-order valence-corrected chi connectivity index (χ1v) is 7.74. The first kappa shape index (κ1) is 16.5. The largest absolute Gasteiger partial charge is 0.325 e. The molecule has 0 saturated carbocycles. The van der Waals surface area contributed by atoms with E-state index in [9.17, 15) is 4.79 Å². The van der Waals surface area contributed by atoms with E-state index < -0.39 is 0 Å². The predicted octanol–water partition coefficient (Wildman–Crippen LogP) is 3.73. The van der Waals surface area contributed by atoms with Gasteiger partial charge in [0, 0.05) is 10.7 Å². The van der Waals surface area contributed by atoms with Crippen LogP contribution in [0.3, 0.4) is 0 Å². The monoisotopic (exact) mass is 316 g/mol.